The van der Waals surface area contributed by atoms with Crippen molar-refractivity contribution in [1.29, 1.82) is 0 Å². The van der Waals surface area contributed by atoms with Crippen molar-refractivity contribution in [2.75, 3.05) is 0 Å². The number of benzene rings is 1. The van der Waals surface area contributed by atoms with Gasteiger partial charge in [-0.25, -0.2) is 4.98 Å². The average Bonchev–Trinajstić information content (AvgIpc) is 3.31. The fourth-order valence-electron chi connectivity index (χ4n) is 3.88. The van der Waals surface area contributed by atoms with Crippen molar-refractivity contribution in [3.05, 3.63) is 51.9 Å². The fourth-order valence-corrected chi connectivity index (χ4v) is 4.37. The highest BCUT2D eigenvalue weighted by molar-refractivity contribution is 6.35. The third kappa shape index (κ3) is 3.38. The Kier molecular flexibility index (Phi) is 4.65. The first kappa shape index (κ1) is 16.8. The van der Waals surface area contributed by atoms with Crippen LogP contribution >= 0.6 is 23.2 Å². The number of aromatic nitrogens is 4. The van der Waals surface area contributed by atoms with Gasteiger partial charge < -0.3 is 4.98 Å². The summed E-state index contributed by atoms with van der Waals surface area (Å²) in [6.07, 6.45) is 8.17. The molecule has 4 rings (SSSR count). The number of H-pyrrole nitrogens is 1. The average molecular weight is 375 g/mol. The second kappa shape index (κ2) is 6.93. The summed E-state index contributed by atoms with van der Waals surface area (Å²) >= 11 is 12.5. The highest BCUT2D eigenvalue weighted by Gasteiger charge is 2.38. The van der Waals surface area contributed by atoms with Gasteiger partial charge in [0.05, 0.1) is 18.0 Å². The van der Waals surface area contributed by atoms with Crippen molar-refractivity contribution in [2.24, 2.45) is 11.8 Å². The number of rotatable bonds is 6. The van der Waals surface area contributed by atoms with Crippen LogP contribution in [0.15, 0.2) is 30.7 Å². The van der Waals surface area contributed by atoms with Crippen LogP contribution in [-0.4, -0.2) is 20.2 Å². The lowest BCUT2D eigenvalue weighted by atomic mass is 9.78. The van der Waals surface area contributed by atoms with Gasteiger partial charge >= 0.3 is 0 Å². The summed E-state index contributed by atoms with van der Waals surface area (Å²) in [6.45, 7) is 2.25. The first-order valence-corrected chi connectivity index (χ1v) is 9.51. The minimum Gasteiger partial charge on any atom is -0.343 e. The Balaban J connectivity index is 1.70. The molecule has 2 unspecified atom stereocenters. The highest BCUT2D eigenvalue weighted by atomic mass is 35.5. The standard InChI is InChI=1S/C19H20Cl2N4/c1-2-11(7-13-5-6-14(20)8-16(13)21)17(12-3-4-12)15-9-24-25-19-18(15)22-10-23-19/h5-6,8-12,17H,2-4,7H2,1H3,(H,22,23,25). The molecular formula is C19H20Cl2N4. The van der Waals surface area contributed by atoms with Crippen LogP contribution in [0.2, 0.25) is 10.0 Å². The van der Waals surface area contributed by atoms with Crippen LogP contribution in [0.4, 0.5) is 0 Å². The zero-order chi connectivity index (χ0) is 17.4. The quantitative estimate of drug-likeness (QED) is 0.626. The molecule has 0 aliphatic heterocycles. The number of nitrogens with zero attached hydrogens (tertiary/aromatic N) is 3. The summed E-state index contributed by atoms with van der Waals surface area (Å²) in [5.74, 6) is 1.63. The van der Waals surface area contributed by atoms with Crippen LogP contribution in [-0.2, 0) is 6.42 Å². The number of hydrogen-bond donors (Lipinski definition) is 1. The molecule has 1 fully saturated rings. The molecule has 25 heavy (non-hydrogen) atoms. The molecule has 0 amide bonds. The van der Waals surface area contributed by atoms with E-state index < -0.39 is 0 Å². The molecule has 4 nitrogen and oxygen atoms in total. The van der Waals surface area contributed by atoms with E-state index in [4.69, 9.17) is 23.2 Å². The van der Waals surface area contributed by atoms with E-state index in [0.717, 1.165) is 28.9 Å². The van der Waals surface area contributed by atoms with Gasteiger partial charge in [-0.15, -0.1) is 5.10 Å². The highest BCUT2D eigenvalue weighted by Crippen LogP contribution is 2.49. The van der Waals surface area contributed by atoms with Crippen LogP contribution in [0.1, 0.15) is 43.2 Å². The molecule has 0 spiro atoms. The monoisotopic (exact) mass is 374 g/mol. The van der Waals surface area contributed by atoms with Crippen molar-refractivity contribution in [1.82, 2.24) is 20.2 Å². The molecule has 1 aromatic carbocycles. The molecule has 1 saturated carbocycles. The first-order valence-electron chi connectivity index (χ1n) is 8.76. The first-order chi connectivity index (χ1) is 12.2. The van der Waals surface area contributed by atoms with Crippen LogP contribution in [0.5, 0.6) is 0 Å². The minimum absolute atomic E-state index is 0.440. The maximum absolute atomic E-state index is 6.43. The van der Waals surface area contributed by atoms with Crippen molar-refractivity contribution in [3.8, 4) is 0 Å². The van der Waals surface area contributed by atoms with Crippen LogP contribution < -0.4 is 0 Å². The van der Waals surface area contributed by atoms with Crippen molar-refractivity contribution < 1.29 is 0 Å². The molecular weight excluding hydrogens is 355 g/mol. The SMILES string of the molecule is CCC(Cc1ccc(Cl)cc1Cl)C(c1cnnc2nc[nH]c12)C1CC1. The Bertz CT molecular complexity index is 888. The van der Waals surface area contributed by atoms with Gasteiger partial charge in [0.15, 0.2) is 5.65 Å². The van der Waals surface area contributed by atoms with Gasteiger partial charge in [-0.1, -0.05) is 42.6 Å². The molecule has 0 radical (unpaired) electrons. The number of aromatic amines is 1. The third-order valence-electron chi connectivity index (χ3n) is 5.28. The molecule has 2 heterocycles. The molecule has 0 saturated heterocycles. The summed E-state index contributed by atoms with van der Waals surface area (Å²) < 4.78 is 0. The van der Waals surface area contributed by atoms with Crippen molar-refractivity contribution in [3.63, 3.8) is 0 Å². The van der Waals surface area contributed by atoms with E-state index in [2.05, 4.69) is 27.1 Å². The molecule has 1 aliphatic rings. The second-order valence-electron chi connectivity index (χ2n) is 6.87. The number of hydrogen-bond acceptors (Lipinski definition) is 3. The van der Waals surface area contributed by atoms with E-state index >= 15 is 0 Å². The molecule has 1 aliphatic carbocycles. The summed E-state index contributed by atoms with van der Waals surface area (Å²) in [6, 6.07) is 5.80. The van der Waals surface area contributed by atoms with Crippen LogP contribution in [0.3, 0.4) is 0 Å². The van der Waals surface area contributed by atoms with E-state index in [0.29, 0.717) is 28.4 Å². The van der Waals surface area contributed by atoms with E-state index in [1.807, 2.05) is 24.4 Å². The van der Waals surface area contributed by atoms with E-state index in [-0.39, 0.29) is 0 Å². The predicted octanol–water partition coefficient (Wildman–Crippen LogP) is 5.42. The van der Waals surface area contributed by atoms with Gasteiger partial charge in [-0.05, 0) is 54.7 Å². The molecule has 0 bridgehead atoms. The van der Waals surface area contributed by atoms with E-state index in [9.17, 15) is 0 Å². The molecule has 3 aromatic rings. The van der Waals surface area contributed by atoms with Crippen LogP contribution in [0, 0.1) is 11.8 Å². The Morgan fingerprint density at radius 1 is 1.28 bits per heavy atom. The lowest BCUT2D eigenvalue weighted by Gasteiger charge is -2.27. The van der Waals surface area contributed by atoms with Gasteiger partial charge in [-0.3, -0.25) is 0 Å². The van der Waals surface area contributed by atoms with Gasteiger partial charge in [0.25, 0.3) is 0 Å². The maximum atomic E-state index is 6.43. The van der Waals surface area contributed by atoms with Gasteiger partial charge in [0.2, 0.25) is 0 Å². The summed E-state index contributed by atoms with van der Waals surface area (Å²) in [7, 11) is 0. The Morgan fingerprint density at radius 3 is 2.84 bits per heavy atom. The summed E-state index contributed by atoms with van der Waals surface area (Å²) in [5.41, 5.74) is 4.11. The summed E-state index contributed by atoms with van der Waals surface area (Å²) in [5, 5.41) is 9.75. The van der Waals surface area contributed by atoms with Gasteiger partial charge in [0, 0.05) is 15.6 Å². The zero-order valence-corrected chi connectivity index (χ0v) is 15.6. The van der Waals surface area contributed by atoms with Gasteiger partial charge in [-0.2, -0.15) is 5.10 Å². The lowest BCUT2D eigenvalue weighted by molar-refractivity contribution is 0.373. The largest absolute Gasteiger partial charge is 0.343 e. The number of halogens is 2. The smallest absolute Gasteiger partial charge is 0.199 e. The second-order valence-corrected chi connectivity index (χ2v) is 7.72. The number of imidazole rings is 1. The lowest BCUT2D eigenvalue weighted by Crippen LogP contribution is -2.18. The van der Waals surface area contributed by atoms with Crippen LogP contribution in [0.25, 0.3) is 11.2 Å². The maximum Gasteiger partial charge on any atom is 0.199 e. The van der Waals surface area contributed by atoms with Crippen molar-refractivity contribution in [2.45, 2.75) is 38.5 Å². The minimum atomic E-state index is 0.440. The third-order valence-corrected chi connectivity index (χ3v) is 5.86. The normalized spacial score (nSPS) is 16.9. The predicted molar refractivity (Wildman–Crippen MR) is 101 cm³/mol. The molecule has 2 aromatic heterocycles. The zero-order valence-electron chi connectivity index (χ0n) is 14.0. The molecule has 6 heteroatoms. The van der Waals surface area contributed by atoms with Crippen molar-refractivity contribution >= 4 is 34.4 Å². The summed E-state index contributed by atoms with van der Waals surface area (Å²) in [4.78, 5) is 7.53. The molecule has 130 valence electrons. The Labute approximate surface area is 157 Å². The Hall–Kier alpha value is -1.65. The number of nitrogens with one attached hydrogen (secondary N) is 1. The topological polar surface area (TPSA) is 54.5 Å². The van der Waals surface area contributed by atoms with E-state index in [1.165, 1.54) is 18.4 Å². The number of fused-ring (bicyclic) bond motifs is 1. The fraction of sp³-hybridized carbons (Fsp3) is 0.421. The Morgan fingerprint density at radius 2 is 2.12 bits per heavy atom. The molecule has 2 atom stereocenters. The van der Waals surface area contributed by atoms with Gasteiger partial charge in [0.1, 0.15) is 0 Å². The molecule has 1 N–H and O–H groups in total. The van der Waals surface area contributed by atoms with E-state index in [1.54, 1.807) is 6.33 Å².